The van der Waals surface area contributed by atoms with Gasteiger partial charge >= 0.3 is 0 Å². The van der Waals surface area contributed by atoms with Gasteiger partial charge in [-0.05, 0) is 42.2 Å². The van der Waals surface area contributed by atoms with E-state index in [0.717, 1.165) is 5.69 Å². The van der Waals surface area contributed by atoms with Crippen LogP contribution in [0.1, 0.15) is 6.42 Å². The summed E-state index contributed by atoms with van der Waals surface area (Å²) in [5.41, 5.74) is 0.727. The van der Waals surface area contributed by atoms with Crippen molar-refractivity contribution in [2.75, 3.05) is 4.90 Å². The molecule has 2 bridgehead atoms. The fourth-order valence-corrected chi connectivity index (χ4v) is 4.79. The van der Waals surface area contributed by atoms with E-state index in [4.69, 9.17) is 0 Å². The Morgan fingerprint density at radius 3 is 1.95 bits per heavy atom. The summed E-state index contributed by atoms with van der Waals surface area (Å²) in [6.45, 7) is 0. The predicted molar refractivity (Wildman–Crippen MR) is 73.6 cm³/mol. The topological polar surface area (TPSA) is 37.4 Å². The normalized spacial score (nSPS) is 43.7. The molecule has 1 aromatic rings. The van der Waals surface area contributed by atoms with Gasteiger partial charge in [0.1, 0.15) is 0 Å². The van der Waals surface area contributed by atoms with Crippen LogP contribution in [0.2, 0.25) is 0 Å². The minimum atomic E-state index is -0.0959. The molecule has 20 heavy (non-hydrogen) atoms. The molecule has 5 aliphatic rings. The molecule has 4 aliphatic carbocycles. The minimum absolute atomic E-state index is 0.0240. The number of carbonyl (C=O) groups is 2. The largest absolute Gasteiger partial charge is 0.274 e. The second-order valence-electron chi connectivity index (χ2n) is 6.50. The Kier molecular flexibility index (Phi) is 1.84. The van der Waals surface area contributed by atoms with E-state index in [1.165, 1.54) is 11.3 Å². The lowest BCUT2D eigenvalue weighted by molar-refractivity contribution is -0.124. The number of anilines is 1. The Balaban J connectivity index is 1.61. The molecule has 0 unspecified atom stereocenters. The van der Waals surface area contributed by atoms with Crippen LogP contribution in [-0.4, -0.2) is 11.8 Å². The number of para-hydroxylation sites is 1. The van der Waals surface area contributed by atoms with Gasteiger partial charge in [0.25, 0.3) is 0 Å². The maximum absolute atomic E-state index is 12.8. The number of allylic oxidation sites excluding steroid dienone is 2. The lowest BCUT2D eigenvalue weighted by atomic mass is 9.63. The standard InChI is InChI=1S/C17H15NO2/c19-16-14-10-6-7-11(13-8-12(10)13)15(14)17(20)18(16)9-4-2-1-3-5-9/h1-7,10-15H,8H2/t10-,11-,12-,13-,14-,15+/m0/s1. The van der Waals surface area contributed by atoms with E-state index < -0.39 is 0 Å². The second-order valence-corrected chi connectivity index (χ2v) is 6.50. The van der Waals surface area contributed by atoms with Crippen LogP contribution in [-0.2, 0) is 9.59 Å². The zero-order valence-electron chi connectivity index (χ0n) is 11.0. The summed E-state index contributed by atoms with van der Waals surface area (Å²) in [6.07, 6.45) is 5.63. The van der Waals surface area contributed by atoms with Crippen LogP contribution in [0, 0.1) is 35.5 Å². The first-order chi connectivity index (χ1) is 9.77. The molecule has 3 fully saturated rings. The highest BCUT2D eigenvalue weighted by atomic mass is 16.2. The molecule has 0 radical (unpaired) electrons. The molecule has 0 N–H and O–H groups in total. The molecular weight excluding hydrogens is 250 g/mol. The van der Waals surface area contributed by atoms with Gasteiger partial charge in [0, 0.05) is 0 Å². The number of hydrogen-bond donors (Lipinski definition) is 0. The number of amides is 2. The molecule has 0 spiro atoms. The SMILES string of the molecule is O=C1[C@@H]2[C@H]3C=C[C@@H]([C@@H]4C[C@@H]34)[C@@H]2C(=O)N1c1ccccc1. The van der Waals surface area contributed by atoms with E-state index in [2.05, 4.69) is 12.2 Å². The van der Waals surface area contributed by atoms with Crippen molar-refractivity contribution in [3.63, 3.8) is 0 Å². The van der Waals surface area contributed by atoms with Gasteiger partial charge in [-0.1, -0.05) is 30.4 Å². The molecule has 2 amide bonds. The Morgan fingerprint density at radius 1 is 0.850 bits per heavy atom. The molecule has 6 rings (SSSR count). The van der Waals surface area contributed by atoms with Crippen LogP contribution in [0.3, 0.4) is 0 Å². The van der Waals surface area contributed by atoms with Crippen LogP contribution < -0.4 is 4.90 Å². The van der Waals surface area contributed by atoms with Gasteiger partial charge in [-0.2, -0.15) is 0 Å². The molecule has 0 aromatic heterocycles. The van der Waals surface area contributed by atoms with Crippen molar-refractivity contribution in [1.82, 2.24) is 0 Å². The summed E-state index contributed by atoms with van der Waals surface area (Å²) in [4.78, 5) is 27.0. The van der Waals surface area contributed by atoms with Crippen molar-refractivity contribution in [1.29, 1.82) is 0 Å². The average Bonchev–Trinajstić information content (AvgIpc) is 3.25. The Bertz CT molecular complexity index is 614. The molecule has 3 heteroatoms. The van der Waals surface area contributed by atoms with E-state index in [0.29, 0.717) is 23.7 Å². The van der Waals surface area contributed by atoms with Crippen molar-refractivity contribution < 1.29 is 9.59 Å². The molecule has 3 nitrogen and oxygen atoms in total. The van der Waals surface area contributed by atoms with E-state index in [1.807, 2.05) is 30.3 Å². The first-order valence-corrected chi connectivity index (χ1v) is 7.38. The fourth-order valence-electron chi connectivity index (χ4n) is 4.79. The molecule has 1 saturated heterocycles. The third-order valence-electron chi connectivity index (χ3n) is 5.68. The average molecular weight is 265 g/mol. The van der Waals surface area contributed by atoms with Gasteiger partial charge in [0.05, 0.1) is 17.5 Å². The van der Waals surface area contributed by atoms with Crippen LogP contribution in [0.5, 0.6) is 0 Å². The first-order valence-electron chi connectivity index (χ1n) is 7.38. The summed E-state index contributed by atoms with van der Waals surface area (Å²) in [5.74, 6) is 1.80. The maximum atomic E-state index is 12.8. The van der Waals surface area contributed by atoms with Gasteiger partial charge in [0.2, 0.25) is 11.8 Å². The van der Waals surface area contributed by atoms with Gasteiger partial charge in [-0.15, -0.1) is 0 Å². The zero-order chi connectivity index (χ0) is 13.4. The number of imide groups is 1. The summed E-state index contributed by atoms with van der Waals surface area (Å²) < 4.78 is 0. The molecule has 6 atom stereocenters. The Hall–Kier alpha value is -1.90. The Labute approximate surface area is 117 Å². The Morgan fingerprint density at radius 2 is 1.40 bits per heavy atom. The van der Waals surface area contributed by atoms with E-state index >= 15 is 0 Å². The molecule has 100 valence electrons. The highest BCUT2D eigenvalue weighted by Gasteiger charge is 2.67. The van der Waals surface area contributed by atoms with Crippen LogP contribution in [0.15, 0.2) is 42.5 Å². The lowest BCUT2D eigenvalue weighted by Crippen LogP contribution is -2.40. The van der Waals surface area contributed by atoms with Gasteiger partial charge in [-0.25, -0.2) is 0 Å². The number of nitrogens with zero attached hydrogens (tertiary/aromatic N) is 1. The van der Waals surface area contributed by atoms with Crippen LogP contribution in [0.4, 0.5) is 5.69 Å². The number of carbonyl (C=O) groups excluding carboxylic acids is 2. The number of hydrogen-bond acceptors (Lipinski definition) is 2. The van der Waals surface area contributed by atoms with Crippen LogP contribution in [0.25, 0.3) is 0 Å². The second kappa shape index (κ2) is 3.40. The van der Waals surface area contributed by atoms with Crippen molar-refractivity contribution in [3.05, 3.63) is 42.5 Å². The highest BCUT2D eigenvalue weighted by Crippen LogP contribution is 2.65. The van der Waals surface area contributed by atoms with E-state index in [1.54, 1.807) is 0 Å². The monoisotopic (exact) mass is 265 g/mol. The van der Waals surface area contributed by atoms with Gasteiger partial charge < -0.3 is 0 Å². The van der Waals surface area contributed by atoms with Crippen molar-refractivity contribution in [2.45, 2.75) is 6.42 Å². The summed E-state index contributed by atoms with van der Waals surface area (Å²) in [6, 6.07) is 9.36. The minimum Gasteiger partial charge on any atom is -0.274 e. The molecular formula is C17H15NO2. The van der Waals surface area contributed by atoms with Gasteiger partial charge in [0.15, 0.2) is 0 Å². The number of rotatable bonds is 1. The molecule has 1 aromatic carbocycles. The summed E-state index contributed by atoms with van der Waals surface area (Å²) in [7, 11) is 0. The van der Waals surface area contributed by atoms with E-state index in [9.17, 15) is 9.59 Å². The van der Waals surface area contributed by atoms with Gasteiger partial charge in [-0.3, -0.25) is 14.5 Å². The van der Waals surface area contributed by atoms with Crippen molar-refractivity contribution in [2.24, 2.45) is 35.5 Å². The molecule has 1 aliphatic heterocycles. The third-order valence-corrected chi connectivity index (χ3v) is 5.68. The molecule has 2 saturated carbocycles. The number of benzene rings is 1. The quantitative estimate of drug-likeness (QED) is 0.577. The smallest absolute Gasteiger partial charge is 0.238 e. The predicted octanol–water partition coefficient (Wildman–Crippen LogP) is 2.24. The highest BCUT2D eigenvalue weighted by molar-refractivity contribution is 6.22. The van der Waals surface area contributed by atoms with E-state index in [-0.39, 0.29) is 23.7 Å². The third kappa shape index (κ3) is 1.13. The fraction of sp³-hybridized carbons (Fsp3) is 0.412. The van der Waals surface area contributed by atoms with Crippen LogP contribution >= 0.6 is 0 Å². The first kappa shape index (κ1) is 10.8. The molecule has 1 heterocycles. The van der Waals surface area contributed by atoms with Crippen molar-refractivity contribution >= 4 is 17.5 Å². The maximum Gasteiger partial charge on any atom is 0.238 e. The zero-order valence-corrected chi connectivity index (χ0v) is 11.0. The summed E-state index contributed by atoms with van der Waals surface area (Å²) >= 11 is 0. The summed E-state index contributed by atoms with van der Waals surface area (Å²) in [5, 5.41) is 0. The van der Waals surface area contributed by atoms with Crippen molar-refractivity contribution in [3.8, 4) is 0 Å². The lowest BCUT2D eigenvalue weighted by Gasteiger charge is -2.37.